The summed E-state index contributed by atoms with van der Waals surface area (Å²) in [6.45, 7) is 1.07. The normalized spacial score (nSPS) is 22.2. The molecule has 2 aliphatic rings. The molecule has 1 atom stereocenters. The van der Waals surface area contributed by atoms with Crippen LogP contribution in [-0.4, -0.2) is 36.4 Å². The highest BCUT2D eigenvalue weighted by atomic mass is 16.5. The van der Waals surface area contributed by atoms with Crippen molar-refractivity contribution in [1.29, 1.82) is 0 Å². The van der Waals surface area contributed by atoms with E-state index in [1.165, 1.54) is 57.8 Å². The zero-order valence-electron chi connectivity index (χ0n) is 18.5. The van der Waals surface area contributed by atoms with Crippen molar-refractivity contribution in [2.24, 2.45) is 5.92 Å². The van der Waals surface area contributed by atoms with Gasteiger partial charge in [0.2, 0.25) is 11.8 Å². The van der Waals surface area contributed by atoms with Gasteiger partial charge in [-0.05, 0) is 30.5 Å². The minimum atomic E-state index is -0.225. The van der Waals surface area contributed by atoms with E-state index in [4.69, 9.17) is 4.74 Å². The third-order valence-corrected chi connectivity index (χ3v) is 6.57. The number of rotatable bonds is 5. The van der Waals surface area contributed by atoms with Crippen LogP contribution in [0.5, 0.6) is 5.75 Å². The van der Waals surface area contributed by atoms with Gasteiger partial charge in [0.15, 0.2) is 0 Å². The molecule has 1 saturated heterocycles. The maximum Gasteiger partial charge on any atom is 0.225 e. The Bertz CT molecular complexity index is 661. The van der Waals surface area contributed by atoms with E-state index in [1.807, 2.05) is 29.2 Å². The topological polar surface area (TPSA) is 58.6 Å². The van der Waals surface area contributed by atoms with Gasteiger partial charge in [0.25, 0.3) is 0 Å². The molecule has 3 rings (SSSR count). The van der Waals surface area contributed by atoms with Crippen molar-refractivity contribution in [2.75, 3.05) is 13.7 Å². The zero-order chi connectivity index (χ0) is 21.2. The van der Waals surface area contributed by atoms with Gasteiger partial charge in [-0.15, -0.1) is 0 Å². The van der Waals surface area contributed by atoms with Gasteiger partial charge in [0.05, 0.1) is 13.0 Å². The molecule has 1 aromatic carbocycles. The molecule has 0 radical (unpaired) electrons. The van der Waals surface area contributed by atoms with Crippen LogP contribution in [0.3, 0.4) is 0 Å². The number of carbonyl (C=O) groups excluding carboxylic acids is 2. The van der Waals surface area contributed by atoms with E-state index in [-0.39, 0.29) is 23.8 Å². The number of ether oxygens (including phenoxy) is 1. The molecular weight excluding hydrogens is 376 g/mol. The molecule has 5 heteroatoms. The summed E-state index contributed by atoms with van der Waals surface area (Å²) in [5, 5.41) is 3.30. The van der Waals surface area contributed by atoms with Gasteiger partial charge in [0.1, 0.15) is 5.75 Å². The van der Waals surface area contributed by atoms with Gasteiger partial charge in [-0.25, -0.2) is 0 Å². The van der Waals surface area contributed by atoms with Gasteiger partial charge < -0.3 is 15.0 Å². The van der Waals surface area contributed by atoms with Crippen molar-refractivity contribution < 1.29 is 14.3 Å². The molecule has 1 aliphatic carbocycles. The van der Waals surface area contributed by atoms with Gasteiger partial charge >= 0.3 is 0 Å². The van der Waals surface area contributed by atoms with Crippen LogP contribution in [0.25, 0.3) is 0 Å². The summed E-state index contributed by atoms with van der Waals surface area (Å²) in [6, 6.07) is 8.03. The van der Waals surface area contributed by atoms with Crippen LogP contribution in [0.15, 0.2) is 24.3 Å². The summed E-state index contributed by atoms with van der Waals surface area (Å²) < 4.78 is 5.19. The number of likely N-dealkylation sites (tertiary alicyclic amines) is 1. The van der Waals surface area contributed by atoms with Crippen LogP contribution in [-0.2, 0) is 16.1 Å². The van der Waals surface area contributed by atoms with Crippen molar-refractivity contribution in [3.8, 4) is 5.75 Å². The van der Waals surface area contributed by atoms with Gasteiger partial charge in [0, 0.05) is 25.6 Å². The molecule has 30 heavy (non-hydrogen) atoms. The first-order valence-electron chi connectivity index (χ1n) is 11.9. The Morgan fingerprint density at radius 3 is 2.10 bits per heavy atom. The molecule has 1 aromatic rings. The van der Waals surface area contributed by atoms with Crippen LogP contribution in [0.4, 0.5) is 0 Å². The Hall–Kier alpha value is -2.04. The smallest absolute Gasteiger partial charge is 0.225 e. The predicted molar refractivity (Wildman–Crippen MR) is 119 cm³/mol. The van der Waals surface area contributed by atoms with E-state index in [0.717, 1.165) is 24.2 Å². The third-order valence-electron chi connectivity index (χ3n) is 6.57. The Labute approximate surface area is 181 Å². The number of nitrogens with one attached hydrogen (secondary N) is 1. The fourth-order valence-corrected chi connectivity index (χ4v) is 4.68. The van der Waals surface area contributed by atoms with Crippen LogP contribution < -0.4 is 10.1 Å². The SMILES string of the molecule is COc1ccc(CN2CC(C(=O)NC3CCCCCCCCCCC3)CC2=O)cc1. The third kappa shape index (κ3) is 7.03. The molecule has 166 valence electrons. The first-order valence-corrected chi connectivity index (χ1v) is 11.9. The molecule has 0 spiro atoms. The van der Waals surface area contributed by atoms with E-state index in [0.29, 0.717) is 19.5 Å². The summed E-state index contributed by atoms with van der Waals surface area (Å²) in [4.78, 5) is 27.2. The van der Waals surface area contributed by atoms with Crippen LogP contribution in [0.2, 0.25) is 0 Å². The maximum atomic E-state index is 12.9. The number of amides is 2. The highest BCUT2D eigenvalue weighted by molar-refractivity contribution is 5.89. The highest BCUT2D eigenvalue weighted by Gasteiger charge is 2.34. The molecule has 1 heterocycles. The second-order valence-corrected chi connectivity index (χ2v) is 8.99. The number of carbonyl (C=O) groups is 2. The fourth-order valence-electron chi connectivity index (χ4n) is 4.68. The van der Waals surface area contributed by atoms with Gasteiger partial charge in [-0.1, -0.05) is 69.9 Å². The summed E-state index contributed by atoms with van der Waals surface area (Å²) in [7, 11) is 1.64. The first-order chi connectivity index (χ1) is 14.7. The van der Waals surface area contributed by atoms with E-state index in [9.17, 15) is 9.59 Å². The van der Waals surface area contributed by atoms with E-state index >= 15 is 0 Å². The molecular formula is C25H38N2O3. The lowest BCUT2D eigenvalue weighted by Gasteiger charge is -2.22. The lowest BCUT2D eigenvalue weighted by Crippen LogP contribution is -2.40. The fraction of sp³-hybridized carbons (Fsp3) is 0.680. The first kappa shape index (κ1) is 22.6. The molecule has 0 bridgehead atoms. The molecule has 2 fully saturated rings. The Balaban J connectivity index is 1.49. The van der Waals surface area contributed by atoms with Crippen molar-refractivity contribution >= 4 is 11.8 Å². The van der Waals surface area contributed by atoms with Gasteiger partial charge in [-0.2, -0.15) is 0 Å². The Morgan fingerprint density at radius 2 is 1.53 bits per heavy atom. The number of benzene rings is 1. The molecule has 1 aliphatic heterocycles. The number of methoxy groups -OCH3 is 1. The van der Waals surface area contributed by atoms with Crippen LogP contribution in [0.1, 0.15) is 82.6 Å². The number of nitrogens with zero attached hydrogens (tertiary/aromatic N) is 1. The van der Waals surface area contributed by atoms with Crippen molar-refractivity contribution in [3.63, 3.8) is 0 Å². The summed E-state index contributed by atoms with van der Waals surface area (Å²) >= 11 is 0. The average Bonchev–Trinajstić information content (AvgIpc) is 3.11. The van der Waals surface area contributed by atoms with E-state index < -0.39 is 0 Å². The molecule has 5 nitrogen and oxygen atoms in total. The van der Waals surface area contributed by atoms with Crippen LogP contribution in [0, 0.1) is 5.92 Å². The summed E-state index contributed by atoms with van der Waals surface area (Å²) in [5.74, 6) is 0.722. The summed E-state index contributed by atoms with van der Waals surface area (Å²) in [5.41, 5.74) is 1.06. The largest absolute Gasteiger partial charge is 0.497 e. The molecule has 2 amide bonds. The van der Waals surface area contributed by atoms with E-state index in [2.05, 4.69) is 5.32 Å². The quantitative estimate of drug-likeness (QED) is 0.750. The highest BCUT2D eigenvalue weighted by Crippen LogP contribution is 2.23. The van der Waals surface area contributed by atoms with Crippen molar-refractivity contribution in [2.45, 2.75) is 89.6 Å². The lowest BCUT2D eigenvalue weighted by molar-refractivity contribution is -0.129. The number of hydrogen-bond acceptors (Lipinski definition) is 3. The maximum absolute atomic E-state index is 12.9. The minimum Gasteiger partial charge on any atom is -0.497 e. The minimum absolute atomic E-state index is 0.0673. The molecule has 0 aromatic heterocycles. The number of hydrogen-bond donors (Lipinski definition) is 1. The average molecular weight is 415 g/mol. The Kier molecular flexibility index (Phi) is 9.03. The second-order valence-electron chi connectivity index (χ2n) is 8.99. The lowest BCUT2D eigenvalue weighted by atomic mass is 9.97. The Morgan fingerprint density at radius 1 is 0.967 bits per heavy atom. The van der Waals surface area contributed by atoms with Crippen molar-refractivity contribution in [1.82, 2.24) is 10.2 Å². The van der Waals surface area contributed by atoms with Crippen molar-refractivity contribution in [3.05, 3.63) is 29.8 Å². The second kappa shape index (κ2) is 12.0. The molecule has 1 saturated carbocycles. The van der Waals surface area contributed by atoms with Crippen LogP contribution >= 0.6 is 0 Å². The standard InChI is InChI=1S/C25H38N2O3/c1-30-23-15-13-20(14-16-23)18-27-19-21(17-24(27)28)25(29)26-22-11-9-7-5-3-2-4-6-8-10-12-22/h13-16,21-22H,2-12,17-19H2,1H3,(H,26,29). The molecule has 1 unspecified atom stereocenters. The summed E-state index contributed by atoms with van der Waals surface area (Å²) in [6.07, 6.45) is 14.1. The zero-order valence-corrected chi connectivity index (χ0v) is 18.5. The molecule has 1 N–H and O–H groups in total. The monoisotopic (exact) mass is 414 g/mol. The predicted octanol–water partition coefficient (Wildman–Crippen LogP) is 4.83. The van der Waals surface area contributed by atoms with E-state index in [1.54, 1.807) is 7.11 Å². The van der Waals surface area contributed by atoms with Gasteiger partial charge in [-0.3, -0.25) is 9.59 Å².